The van der Waals surface area contributed by atoms with E-state index >= 15 is 0 Å². The van der Waals surface area contributed by atoms with E-state index in [9.17, 15) is 18.1 Å². The van der Waals surface area contributed by atoms with Crippen molar-refractivity contribution in [3.8, 4) is 0 Å². The molecule has 0 aromatic carbocycles. The van der Waals surface area contributed by atoms with E-state index in [1.807, 2.05) is 6.92 Å². The van der Waals surface area contributed by atoms with E-state index in [-0.39, 0.29) is 57.8 Å². The van der Waals surface area contributed by atoms with Crippen LogP contribution in [0.25, 0.3) is 0 Å². The minimum absolute atomic E-state index is 0. The fourth-order valence-electron chi connectivity index (χ4n) is 1.81. The maximum atomic E-state index is 11.1. The maximum absolute atomic E-state index is 11.1. The van der Waals surface area contributed by atoms with Crippen LogP contribution in [0.3, 0.4) is 0 Å². The molecule has 0 fully saturated rings. The second-order valence-corrected chi connectivity index (χ2v) is 6.26. The standard InChI is InChI=1S/C12H26O4S.K/c1-3-5-6-7-8-12(17(14,15)16)10-9-11(13)4-2;/h11-13H,3-10H2,1-2H3,(H,14,15,16);/q;+1/p-1. The first kappa shape index (κ1) is 21.8. The van der Waals surface area contributed by atoms with Crippen LogP contribution in [0.15, 0.2) is 0 Å². The van der Waals surface area contributed by atoms with Gasteiger partial charge in [-0.3, -0.25) is 0 Å². The van der Waals surface area contributed by atoms with Crippen LogP contribution in [-0.4, -0.2) is 29.4 Å². The van der Waals surface area contributed by atoms with Crippen molar-refractivity contribution in [2.45, 2.75) is 76.6 Å². The predicted octanol–water partition coefficient (Wildman–Crippen LogP) is -0.574. The van der Waals surface area contributed by atoms with E-state index < -0.39 is 21.5 Å². The molecule has 0 spiro atoms. The van der Waals surface area contributed by atoms with E-state index in [1.54, 1.807) is 0 Å². The molecule has 0 bridgehead atoms. The summed E-state index contributed by atoms with van der Waals surface area (Å²) in [6, 6.07) is 0. The molecule has 0 aliphatic rings. The average Bonchev–Trinajstić information content (AvgIpc) is 2.25. The van der Waals surface area contributed by atoms with Gasteiger partial charge in [0, 0.05) is 5.25 Å². The van der Waals surface area contributed by atoms with Gasteiger partial charge < -0.3 is 9.66 Å². The third kappa shape index (κ3) is 11.3. The zero-order valence-corrected chi connectivity index (χ0v) is 15.8. The van der Waals surface area contributed by atoms with Gasteiger partial charge in [0.05, 0.1) is 16.2 Å². The molecule has 0 aromatic heterocycles. The Morgan fingerprint density at radius 1 is 1.06 bits per heavy atom. The Morgan fingerprint density at radius 2 is 1.67 bits per heavy atom. The zero-order chi connectivity index (χ0) is 13.3. The second kappa shape index (κ2) is 12.3. The van der Waals surface area contributed by atoms with Gasteiger partial charge in [0.1, 0.15) is 0 Å². The molecule has 0 rings (SSSR count). The Labute approximate surface area is 154 Å². The molecule has 0 amide bonds. The van der Waals surface area contributed by atoms with E-state index in [0.29, 0.717) is 19.3 Å². The number of hydrogen-bond donors (Lipinski definition) is 1. The Hall–Kier alpha value is 1.51. The molecule has 0 aliphatic carbocycles. The first-order chi connectivity index (χ1) is 7.91. The molecule has 0 aliphatic heterocycles. The summed E-state index contributed by atoms with van der Waals surface area (Å²) in [5.41, 5.74) is 0. The third-order valence-corrected chi connectivity index (χ3v) is 4.37. The minimum atomic E-state index is -4.22. The fraction of sp³-hybridized carbons (Fsp3) is 1.00. The molecule has 2 unspecified atom stereocenters. The van der Waals surface area contributed by atoms with Crippen molar-refractivity contribution >= 4 is 10.1 Å². The number of unbranched alkanes of at least 4 members (excludes halogenated alkanes) is 3. The van der Waals surface area contributed by atoms with Crippen LogP contribution < -0.4 is 51.4 Å². The van der Waals surface area contributed by atoms with Crippen LogP contribution in [0.4, 0.5) is 0 Å². The van der Waals surface area contributed by atoms with Crippen molar-refractivity contribution in [2.75, 3.05) is 0 Å². The van der Waals surface area contributed by atoms with Gasteiger partial charge in [-0.05, 0) is 25.7 Å². The van der Waals surface area contributed by atoms with Gasteiger partial charge in [-0.1, -0.05) is 39.5 Å². The maximum Gasteiger partial charge on any atom is 1.00 e. The van der Waals surface area contributed by atoms with Gasteiger partial charge in [-0.15, -0.1) is 0 Å². The van der Waals surface area contributed by atoms with Crippen molar-refractivity contribution in [1.29, 1.82) is 0 Å². The molecule has 4 nitrogen and oxygen atoms in total. The Bertz CT molecular complexity index is 280. The fourth-order valence-corrected chi connectivity index (χ4v) is 2.69. The summed E-state index contributed by atoms with van der Waals surface area (Å²) in [4.78, 5) is 0. The van der Waals surface area contributed by atoms with Crippen molar-refractivity contribution < 1.29 is 69.5 Å². The summed E-state index contributed by atoms with van der Waals surface area (Å²) in [5, 5.41) is 8.57. The molecule has 104 valence electrons. The Kier molecular flexibility index (Phi) is 14.9. The van der Waals surface area contributed by atoms with Crippen LogP contribution >= 0.6 is 0 Å². The third-order valence-electron chi connectivity index (χ3n) is 3.08. The summed E-state index contributed by atoms with van der Waals surface area (Å²) < 4.78 is 33.2. The average molecular weight is 304 g/mol. The van der Waals surface area contributed by atoms with Gasteiger partial charge in [0.15, 0.2) is 0 Å². The van der Waals surface area contributed by atoms with Gasteiger partial charge in [0.2, 0.25) is 0 Å². The van der Waals surface area contributed by atoms with Crippen LogP contribution in [0.5, 0.6) is 0 Å². The number of aliphatic hydroxyl groups is 1. The molecular weight excluding hydrogens is 279 g/mol. The molecule has 1 N–H and O–H groups in total. The monoisotopic (exact) mass is 304 g/mol. The predicted molar refractivity (Wildman–Crippen MR) is 67.8 cm³/mol. The molecule has 0 radical (unpaired) electrons. The SMILES string of the molecule is CCCCCCC(CCC(O)CC)S(=O)(=O)[O-].[K+]. The summed E-state index contributed by atoms with van der Waals surface area (Å²) in [6.07, 6.45) is 5.13. The first-order valence-corrected chi connectivity index (χ1v) is 8.01. The van der Waals surface area contributed by atoms with Crippen molar-refractivity contribution in [2.24, 2.45) is 0 Å². The quantitative estimate of drug-likeness (QED) is 0.333. The smallest absolute Gasteiger partial charge is 0.748 e. The number of aliphatic hydroxyl groups excluding tert-OH is 1. The van der Waals surface area contributed by atoms with E-state index in [4.69, 9.17) is 0 Å². The second-order valence-electron chi connectivity index (χ2n) is 4.60. The van der Waals surface area contributed by atoms with E-state index in [0.717, 1.165) is 25.7 Å². The van der Waals surface area contributed by atoms with Crippen LogP contribution in [0.1, 0.15) is 65.2 Å². The molecule has 18 heavy (non-hydrogen) atoms. The van der Waals surface area contributed by atoms with Gasteiger partial charge in [0.25, 0.3) is 0 Å². The van der Waals surface area contributed by atoms with E-state index in [1.165, 1.54) is 0 Å². The molecule has 0 saturated heterocycles. The topological polar surface area (TPSA) is 77.4 Å². The normalized spacial score (nSPS) is 14.9. The largest absolute Gasteiger partial charge is 1.00 e. The van der Waals surface area contributed by atoms with Gasteiger partial charge in [-0.2, -0.15) is 0 Å². The van der Waals surface area contributed by atoms with Crippen LogP contribution in [0, 0.1) is 0 Å². The summed E-state index contributed by atoms with van der Waals surface area (Å²) in [6.45, 7) is 3.92. The molecule has 0 saturated carbocycles. The Morgan fingerprint density at radius 3 is 2.11 bits per heavy atom. The van der Waals surface area contributed by atoms with Crippen LogP contribution in [0.2, 0.25) is 0 Å². The molecular formula is C12H25KO4S. The van der Waals surface area contributed by atoms with E-state index in [2.05, 4.69) is 6.92 Å². The molecule has 2 atom stereocenters. The minimum Gasteiger partial charge on any atom is -0.748 e. The molecule has 0 heterocycles. The zero-order valence-electron chi connectivity index (χ0n) is 11.9. The number of hydrogen-bond acceptors (Lipinski definition) is 4. The van der Waals surface area contributed by atoms with Crippen molar-refractivity contribution in [3.05, 3.63) is 0 Å². The molecule has 0 aromatic rings. The van der Waals surface area contributed by atoms with Crippen molar-refractivity contribution in [1.82, 2.24) is 0 Å². The summed E-state index contributed by atoms with van der Waals surface area (Å²) >= 11 is 0. The molecule has 6 heteroatoms. The van der Waals surface area contributed by atoms with Crippen LogP contribution in [-0.2, 0) is 10.1 Å². The van der Waals surface area contributed by atoms with Gasteiger partial charge in [-0.25, -0.2) is 8.42 Å². The Balaban J connectivity index is 0. The van der Waals surface area contributed by atoms with Gasteiger partial charge >= 0.3 is 51.4 Å². The number of rotatable bonds is 10. The first-order valence-electron chi connectivity index (χ1n) is 6.54. The summed E-state index contributed by atoms with van der Waals surface area (Å²) in [5.74, 6) is 0. The van der Waals surface area contributed by atoms with Crippen molar-refractivity contribution in [3.63, 3.8) is 0 Å². The summed E-state index contributed by atoms with van der Waals surface area (Å²) in [7, 11) is -4.22.